The molecule has 16 heavy (non-hydrogen) atoms. The number of aromatic nitrogens is 2. The predicted molar refractivity (Wildman–Crippen MR) is 65.2 cm³/mol. The molecule has 1 heterocycles. The van der Waals surface area contributed by atoms with Crippen LogP contribution in [0.15, 0.2) is 12.4 Å². The van der Waals surface area contributed by atoms with E-state index in [2.05, 4.69) is 12.0 Å². The fraction of sp³-hybridized carbons (Fsp3) is 0.750. The molecule has 2 atom stereocenters. The number of ether oxygens (including phenoxy) is 1. The van der Waals surface area contributed by atoms with Crippen LogP contribution in [0.3, 0.4) is 0 Å². The van der Waals surface area contributed by atoms with Gasteiger partial charge >= 0.3 is 0 Å². The third-order valence-corrected chi connectivity index (χ3v) is 2.66. The molecular weight excluding hydrogens is 202 g/mol. The Hall–Kier alpha value is -0.870. The van der Waals surface area contributed by atoms with E-state index in [0.717, 1.165) is 25.9 Å². The van der Waals surface area contributed by atoms with Gasteiger partial charge in [-0.15, -0.1) is 0 Å². The molecule has 0 aliphatic rings. The lowest BCUT2D eigenvalue weighted by molar-refractivity contribution is 0.0378. The summed E-state index contributed by atoms with van der Waals surface area (Å²) in [6.45, 7) is 4.90. The van der Waals surface area contributed by atoms with Crippen molar-refractivity contribution < 1.29 is 4.74 Å². The Morgan fingerprint density at radius 1 is 1.50 bits per heavy atom. The highest BCUT2D eigenvalue weighted by Gasteiger charge is 2.17. The van der Waals surface area contributed by atoms with Crippen molar-refractivity contribution in [3.63, 3.8) is 0 Å². The van der Waals surface area contributed by atoms with Gasteiger partial charge in [0.2, 0.25) is 0 Å². The summed E-state index contributed by atoms with van der Waals surface area (Å²) in [5, 5.41) is 4.14. The number of hydrogen-bond acceptors (Lipinski definition) is 3. The van der Waals surface area contributed by atoms with E-state index >= 15 is 0 Å². The minimum absolute atomic E-state index is 0.0594. The van der Waals surface area contributed by atoms with Crippen molar-refractivity contribution in [3.05, 3.63) is 18.0 Å². The number of aryl methyl sites for hydroxylation is 1. The Morgan fingerprint density at radius 2 is 2.25 bits per heavy atom. The molecule has 0 radical (unpaired) electrons. The molecule has 0 aromatic carbocycles. The maximum Gasteiger partial charge on any atom is 0.0728 e. The summed E-state index contributed by atoms with van der Waals surface area (Å²) in [6, 6.07) is 0.0594. The molecule has 1 aromatic heterocycles. The molecule has 2 N–H and O–H groups in total. The molecule has 0 saturated carbocycles. The molecular formula is C12H23N3O. The highest BCUT2D eigenvalue weighted by Crippen LogP contribution is 2.10. The molecule has 2 unspecified atom stereocenters. The topological polar surface area (TPSA) is 53.1 Å². The van der Waals surface area contributed by atoms with Crippen molar-refractivity contribution in [2.75, 3.05) is 6.61 Å². The number of rotatable bonds is 7. The van der Waals surface area contributed by atoms with Crippen molar-refractivity contribution in [2.45, 2.75) is 45.3 Å². The van der Waals surface area contributed by atoms with Crippen molar-refractivity contribution in [2.24, 2.45) is 12.8 Å². The second-order valence-corrected chi connectivity index (χ2v) is 4.17. The maximum atomic E-state index is 6.17. The molecule has 0 saturated heterocycles. The van der Waals surface area contributed by atoms with Crippen LogP contribution >= 0.6 is 0 Å². The third-order valence-electron chi connectivity index (χ3n) is 2.66. The highest BCUT2D eigenvalue weighted by atomic mass is 16.5. The molecule has 0 aliphatic heterocycles. The number of nitrogens with zero attached hydrogens (tertiary/aromatic N) is 2. The minimum atomic E-state index is 0.0594. The first-order valence-electron chi connectivity index (χ1n) is 6.02. The lowest BCUT2D eigenvalue weighted by atomic mass is 10.0. The Balaban J connectivity index is 2.50. The van der Waals surface area contributed by atoms with Gasteiger partial charge in [0, 0.05) is 25.9 Å². The standard InChI is InChI=1S/C12H23N3O/c1-4-6-12(16-5-2)11(13)7-10-8-14-15(3)9-10/h8-9,11-12H,4-7,13H2,1-3H3. The summed E-state index contributed by atoms with van der Waals surface area (Å²) < 4.78 is 7.47. The van der Waals surface area contributed by atoms with Crippen LogP contribution in [0.1, 0.15) is 32.3 Å². The zero-order chi connectivity index (χ0) is 12.0. The van der Waals surface area contributed by atoms with Gasteiger partial charge in [-0.2, -0.15) is 5.10 Å². The normalized spacial score (nSPS) is 15.0. The zero-order valence-corrected chi connectivity index (χ0v) is 10.5. The highest BCUT2D eigenvalue weighted by molar-refractivity contribution is 5.06. The Labute approximate surface area is 97.8 Å². The van der Waals surface area contributed by atoms with E-state index in [-0.39, 0.29) is 12.1 Å². The monoisotopic (exact) mass is 225 g/mol. The van der Waals surface area contributed by atoms with Gasteiger partial charge in [0.15, 0.2) is 0 Å². The first-order valence-corrected chi connectivity index (χ1v) is 6.02. The van der Waals surface area contributed by atoms with Gasteiger partial charge in [-0.3, -0.25) is 4.68 Å². The van der Waals surface area contributed by atoms with Crippen molar-refractivity contribution in [3.8, 4) is 0 Å². The Morgan fingerprint density at radius 3 is 2.75 bits per heavy atom. The molecule has 0 amide bonds. The zero-order valence-electron chi connectivity index (χ0n) is 10.5. The van der Waals surface area contributed by atoms with Gasteiger partial charge in [-0.05, 0) is 25.3 Å². The number of hydrogen-bond donors (Lipinski definition) is 1. The second-order valence-electron chi connectivity index (χ2n) is 4.17. The fourth-order valence-electron chi connectivity index (χ4n) is 1.90. The van der Waals surface area contributed by atoms with Gasteiger partial charge < -0.3 is 10.5 Å². The molecule has 4 heteroatoms. The lowest BCUT2D eigenvalue weighted by Crippen LogP contribution is -2.38. The number of nitrogens with two attached hydrogens (primary N) is 1. The molecule has 4 nitrogen and oxygen atoms in total. The first kappa shape index (κ1) is 13.2. The van der Waals surface area contributed by atoms with E-state index < -0.39 is 0 Å². The van der Waals surface area contributed by atoms with E-state index in [0.29, 0.717) is 0 Å². The van der Waals surface area contributed by atoms with Crippen LogP contribution < -0.4 is 5.73 Å². The van der Waals surface area contributed by atoms with Crippen molar-refractivity contribution in [1.82, 2.24) is 9.78 Å². The Bertz CT molecular complexity index is 292. The molecule has 0 fully saturated rings. The summed E-state index contributed by atoms with van der Waals surface area (Å²) in [4.78, 5) is 0. The van der Waals surface area contributed by atoms with E-state index in [1.807, 2.05) is 26.4 Å². The van der Waals surface area contributed by atoms with Crippen LogP contribution in [0.25, 0.3) is 0 Å². The lowest BCUT2D eigenvalue weighted by Gasteiger charge is -2.22. The summed E-state index contributed by atoms with van der Waals surface area (Å²) in [7, 11) is 1.92. The summed E-state index contributed by atoms with van der Waals surface area (Å²) in [6.07, 6.45) is 7.00. The van der Waals surface area contributed by atoms with Gasteiger partial charge in [0.05, 0.1) is 12.3 Å². The molecule has 92 valence electrons. The van der Waals surface area contributed by atoms with Crippen LogP contribution in [0, 0.1) is 0 Å². The molecule has 0 aliphatic carbocycles. The van der Waals surface area contributed by atoms with Crippen LogP contribution in [-0.4, -0.2) is 28.5 Å². The SMILES string of the molecule is CCCC(OCC)C(N)Cc1cnn(C)c1. The van der Waals surface area contributed by atoms with Crippen molar-refractivity contribution >= 4 is 0 Å². The predicted octanol–water partition coefficient (Wildman–Crippen LogP) is 1.50. The van der Waals surface area contributed by atoms with Gasteiger partial charge in [-0.1, -0.05) is 13.3 Å². The third kappa shape index (κ3) is 3.94. The van der Waals surface area contributed by atoms with Crippen LogP contribution in [0.2, 0.25) is 0 Å². The first-order chi connectivity index (χ1) is 7.67. The van der Waals surface area contributed by atoms with E-state index in [1.54, 1.807) is 4.68 Å². The molecule has 1 aromatic rings. The van der Waals surface area contributed by atoms with Crippen LogP contribution in [0.4, 0.5) is 0 Å². The van der Waals surface area contributed by atoms with Gasteiger partial charge in [0.25, 0.3) is 0 Å². The second kappa shape index (κ2) is 6.66. The Kier molecular flexibility index (Phi) is 5.49. The van der Waals surface area contributed by atoms with E-state index in [1.165, 1.54) is 5.56 Å². The average molecular weight is 225 g/mol. The molecule has 1 rings (SSSR count). The smallest absolute Gasteiger partial charge is 0.0728 e. The minimum Gasteiger partial charge on any atom is -0.377 e. The maximum absolute atomic E-state index is 6.17. The molecule has 0 bridgehead atoms. The van der Waals surface area contributed by atoms with Crippen molar-refractivity contribution in [1.29, 1.82) is 0 Å². The van der Waals surface area contributed by atoms with Crippen LogP contribution in [-0.2, 0) is 18.2 Å². The van der Waals surface area contributed by atoms with E-state index in [4.69, 9.17) is 10.5 Å². The largest absolute Gasteiger partial charge is 0.377 e. The van der Waals surface area contributed by atoms with E-state index in [9.17, 15) is 0 Å². The average Bonchev–Trinajstić information content (AvgIpc) is 2.63. The quantitative estimate of drug-likeness (QED) is 0.765. The van der Waals surface area contributed by atoms with Crippen LogP contribution in [0.5, 0.6) is 0 Å². The molecule has 0 spiro atoms. The summed E-state index contributed by atoms with van der Waals surface area (Å²) in [5.74, 6) is 0. The van der Waals surface area contributed by atoms with Gasteiger partial charge in [-0.25, -0.2) is 0 Å². The summed E-state index contributed by atoms with van der Waals surface area (Å²) >= 11 is 0. The van der Waals surface area contributed by atoms with Gasteiger partial charge in [0.1, 0.15) is 0 Å². The summed E-state index contributed by atoms with van der Waals surface area (Å²) in [5.41, 5.74) is 7.35. The fourth-order valence-corrected chi connectivity index (χ4v) is 1.90.